The summed E-state index contributed by atoms with van der Waals surface area (Å²) in [7, 11) is 0. The molecule has 0 aromatic heterocycles. The number of rotatable bonds is 3. The Morgan fingerprint density at radius 3 is 2.61 bits per heavy atom. The van der Waals surface area contributed by atoms with E-state index in [-0.39, 0.29) is 6.61 Å². The molecule has 2 rings (SSSR count). The predicted octanol–water partition coefficient (Wildman–Crippen LogP) is 3.61. The first-order chi connectivity index (χ1) is 8.74. The zero-order chi connectivity index (χ0) is 13.0. The smallest absolute Gasteiger partial charge is 0.141 e. The maximum absolute atomic E-state index is 9.21. The summed E-state index contributed by atoms with van der Waals surface area (Å²) in [6.07, 6.45) is 0. The summed E-state index contributed by atoms with van der Waals surface area (Å²) >= 11 is 3.35. The van der Waals surface area contributed by atoms with Crippen LogP contribution in [0.5, 0.6) is 11.5 Å². The lowest BCUT2D eigenvalue weighted by molar-refractivity contribution is 0.276. The third-order valence-electron chi connectivity index (χ3n) is 2.42. The minimum absolute atomic E-state index is 0.0793. The average molecular weight is 304 g/mol. The number of aliphatic hydroxyl groups excluding tert-OH is 1. The van der Waals surface area contributed by atoms with Gasteiger partial charge in [-0.3, -0.25) is 0 Å². The quantitative estimate of drug-likeness (QED) is 0.942. The van der Waals surface area contributed by atoms with Crippen molar-refractivity contribution in [3.8, 4) is 17.6 Å². The molecule has 1 N–H and O–H groups in total. The highest BCUT2D eigenvalue weighted by molar-refractivity contribution is 9.10. The van der Waals surface area contributed by atoms with E-state index >= 15 is 0 Å². The standard InChI is InChI=1S/C14H10BrNO2/c15-12-7-10(8-16)5-6-14(12)18-13-4-2-1-3-11(13)9-17/h1-7,17H,9H2. The van der Waals surface area contributed by atoms with Gasteiger partial charge in [-0.25, -0.2) is 0 Å². The van der Waals surface area contributed by atoms with Crippen molar-refractivity contribution in [3.05, 3.63) is 58.1 Å². The van der Waals surface area contributed by atoms with E-state index in [1.807, 2.05) is 12.1 Å². The van der Waals surface area contributed by atoms with Crippen LogP contribution in [0.15, 0.2) is 46.9 Å². The number of hydrogen-bond acceptors (Lipinski definition) is 3. The van der Waals surface area contributed by atoms with Gasteiger partial charge in [0.15, 0.2) is 0 Å². The van der Waals surface area contributed by atoms with E-state index in [1.54, 1.807) is 30.3 Å². The highest BCUT2D eigenvalue weighted by atomic mass is 79.9. The number of halogens is 1. The summed E-state index contributed by atoms with van der Waals surface area (Å²) in [5.74, 6) is 1.21. The molecule has 3 nitrogen and oxygen atoms in total. The fourth-order valence-corrected chi connectivity index (χ4v) is 1.97. The molecule has 2 aromatic carbocycles. The van der Waals surface area contributed by atoms with E-state index in [1.165, 1.54) is 0 Å². The molecule has 0 aliphatic heterocycles. The van der Waals surface area contributed by atoms with Gasteiger partial charge in [0.25, 0.3) is 0 Å². The summed E-state index contributed by atoms with van der Waals surface area (Å²) < 4.78 is 6.42. The first kappa shape index (κ1) is 12.6. The molecule has 0 unspecified atom stereocenters. The van der Waals surface area contributed by atoms with Gasteiger partial charge in [-0.05, 0) is 40.2 Å². The number of benzene rings is 2. The van der Waals surface area contributed by atoms with Crippen LogP contribution in [0, 0.1) is 11.3 Å². The average Bonchev–Trinajstić information content (AvgIpc) is 2.41. The maximum atomic E-state index is 9.21. The van der Waals surface area contributed by atoms with Crippen LogP contribution < -0.4 is 4.74 Å². The first-order valence-corrected chi connectivity index (χ1v) is 6.10. The van der Waals surface area contributed by atoms with Crippen molar-refractivity contribution in [1.82, 2.24) is 0 Å². The van der Waals surface area contributed by atoms with Crippen LogP contribution in [0.3, 0.4) is 0 Å². The number of para-hydroxylation sites is 1. The summed E-state index contributed by atoms with van der Waals surface area (Å²) in [4.78, 5) is 0. The second kappa shape index (κ2) is 5.67. The van der Waals surface area contributed by atoms with Gasteiger partial charge in [0, 0.05) is 5.56 Å². The Bertz CT molecular complexity index is 605. The number of ether oxygens (including phenoxy) is 1. The van der Waals surface area contributed by atoms with Crippen molar-refractivity contribution < 1.29 is 9.84 Å². The Labute approximate surface area is 113 Å². The Balaban J connectivity index is 2.32. The summed E-state index contributed by atoms with van der Waals surface area (Å²) in [5, 5.41) is 18.0. The lowest BCUT2D eigenvalue weighted by atomic mass is 10.2. The molecule has 2 aromatic rings. The summed E-state index contributed by atoms with van der Waals surface area (Å²) in [6, 6.07) is 14.4. The molecule has 0 radical (unpaired) electrons. The molecule has 18 heavy (non-hydrogen) atoms. The van der Waals surface area contributed by atoms with Gasteiger partial charge in [-0.2, -0.15) is 5.26 Å². The normalized spacial score (nSPS) is 9.83. The second-order valence-corrected chi connectivity index (χ2v) is 4.48. The SMILES string of the molecule is N#Cc1ccc(Oc2ccccc2CO)c(Br)c1. The largest absolute Gasteiger partial charge is 0.456 e. The molecular formula is C14H10BrNO2. The molecular weight excluding hydrogens is 294 g/mol. The molecule has 0 heterocycles. The minimum Gasteiger partial charge on any atom is -0.456 e. The number of hydrogen-bond donors (Lipinski definition) is 1. The fourth-order valence-electron chi connectivity index (χ4n) is 1.51. The molecule has 0 saturated heterocycles. The van der Waals surface area contributed by atoms with Gasteiger partial charge in [0.05, 0.1) is 22.7 Å². The zero-order valence-corrected chi connectivity index (χ0v) is 11.0. The molecule has 90 valence electrons. The molecule has 0 spiro atoms. The van der Waals surface area contributed by atoms with Gasteiger partial charge in [0.2, 0.25) is 0 Å². The Kier molecular flexibility index (Phi) is 3.98. The molecule has 0 atom stereocenters. The molecule has 0 amide bonds. The van der Waals surface area contributed by atoms with Gasteiger partial charge < -0.3 is 9.84 Å². The second-order valence-electron chi connectivity index (χ2n) is 3.62. The van der Waals surface area contributed by atoms with E-state index < -0.39 is 0 Å². The Hall–Kier alpha value is -1.83. The molecule has 0 aliphatic rings. The summed E-state index contributed by atoms with van der Waals surface area (Å²) in [5.41, 5.74) is 1.28. The van der Waals surface area contributed by atoms with Gasteiger partial charge in [-0.1, -0.05) is 18.2 Å². The topological polar surface area (TPSA) is 53.2 Å². The van der Waals surface area contributed by atoms with Crippen molar-refractivity contribution in [2.75, 3.05) is 0 Å². The van der Waals surface area contributed by atoms with Crippen LogP contribution in [-0.2, 0) is 6.61 Å². The van der Waals surface area contributed by atoms with Crippen LogP contribution >= 0.6 is 15.9 Å². The monoisotopic (exact) mass is 303 g/mol. The van der Waals surface area contributed by atoms with Crippen LogP contribution in [0.2, 0.25) is 0 Å². The lowest BCUT2D eigenvalue weighted by Crippen LogP contribution is -1.92. The van der Waals surface area contributed by atoms with Crippen LogP contribution in [-0.4, -0.2) is 5.11 Å². The zero-order valence-electron chi connectivity index (χ0n) is 9.43. The number of nitriles is 1. The predicted molar refractivity (Wildman–Crippen MR) is 71.3 cm³/mol. The van der Waals surface area contributed by atoms with Gasteiger partial charge in [0.1, 0.15) is 11.5 Å². The summed E-state index contributed by atoms with van der Waals surface area (Å²) in [6.45, 7) is -0.0793. The van der Waals surface area contributed by atoms with Crippen LogP contribution in [0.4, 0.5) is 0 Å². The van der Waals surface area contributed by atoms with E-state index in [9.17, 15) is 5.11 Å². The Morgan fingerprint density at radius 2 is 1.94 bits per heavy atom. The maximum Gasteiger partial charge on any atom is 0.141 e. The Morgan fingerprint density at radius 1 is 1.17 bits per heavy atom. The highest BCUT2D eigenvalue weighted by Gasteiger charge is 2.07. The van der Waals surface area contributed by atoms with E-state index in [2.05, 4.69) is 22.0 Å². The van der Waals surface area contributed by atoms with Crippen molar-refractivity contribution in [2.24, 2.45) is 0 Å². The fraction of sp³-hybridized carbons (Fsp3) is 0.0714. The van der Waals surface area contributed by atoms with Gasteiger partial charge >= 0.3 is 0 Å². The third kappa shape index (κ3) is 2.70. The number of nitrogens with zero attached hydrogens (tertiary/aromatic N) is 1. The van der Waals surface area contributed by atoms with Crippen molar-refractivity contribution in [1.29, 1.82) is 5.26 Å². The molecule has 4 heteroatoms. The van der Waals surface area contributed by atoms with Gasteiger partial charge in [-0.15, -0.1) is 0 Å². The molecule has 0 bridgehead atoms. The van der Waals surface area contributed by atoms with E-state index in [0.717, 1.165) is 0 Å². The minimum atomic E-state index is -0.0793. The van der Waals surface area contributed by atoms with Crippen molar-refractivity contribution >= 4 is 15.9 Å². The first-order valence-electron chi connectivity index (χ1n) is 5.31. The van der Waals surface area contributed by atoms with Crippen LogP contribution in [0.1, 0.15) is 11.1 Å². The number of aliphatic hydroxyl groups is 1. The van der Waals surface area contributed by atoms with E-state index in [0.29, 0.717) is 27.1 Å². The molecule has 0 aliphatic carbocycles. The van der Waals surface area contributed by atoms with Crippen molar-refractivity contribution in [3.63, 3.8) is 0 Å². The lowest BCUT2D eigenvalue weighted by Gasteiger charge is -2.10. The molecule has 0 fully saturated rings. The van der Waals surface area contributed by atoms with E-state index in [4.69, 9.17) is 10.00 Å². The molecule has 0 saturated carbocycles. The van der Waals surface area contributed by atoms with Crippen LogP contribution in [0.25, 0.3) is 0 Å². The van der Waals surface area contributed by atoms with Crippen molar-refractivity contribution in [2.45, 2.75) is 6.61 Å². The third-order valence-corrected chi connectivity index (χ3v) is 3.04. The highest BCUT2D eigenvalue weighted by Crippen LogP contribution is 2.32.